The number of likely N-dealkylation sites (tertiary alicyclic amines) is 2. The lowest BCUT2D eigenvalue weighted by atomic mass is 9.88. The fourth-order valence-electron chi connectivity index (χ4n) is 3.32. The fourth-order valence-corrected chi connectivity index (χ4v) is 3.32. The van der Waals surface area contributed by atoms with Gasteiger partial charge in [-0.1, -0.05) is 0 Å². The SMILES string of the molecule is CN(C)C(=O)CN1CC[C@@H]2CN(C(=O)c3ncn(C)n3)C[C@H]2C1=O. The van der Waals surface area contributed by atoms with Crippen LogP contribution >= 0.6 is 0 Å². The summed E-state index contributed by atoms with van der Waals surface area (Å²) in [4.78, 5) is 45.7. The number of amides is 3. The quantitative estimate of drug-likeness (QED) is 0.694. The van der Waals surface area contributed by atoms with E-state index in [1.165, 1.54) is 15.9 Å². The number of aromatic nitrogens is 3. The van der Waals surface area contributed by atoms with Crippen LogP contribution in [0.3, 0.4) is 0 Å². The van der Waals surface area contributed by atoms with E-state index in [4.69, 9.17) is 0 Å². The summed E-state index contributed by atoms with van der Waals surface area (Å²) >= 11 is 0. The molecule has 3 heterocycles. The van der Waals surface area contributed by atoms with Gasteiger partial charge in [-0.3, -0.25) is 19.1 Å². The zero-order chi connectivity index (χ0) is 17.4. The van der Waals surface area contributed by atoms with Crippen molar-refractivity contribution in [2.45, 2.75) is 6.42 Å². The molecule has 2 atom stereocenters. The lowest BCUT2D eigenvalue weighted by Crippen LogP contribution is -2.49. The van der Waals surface area contributed by atoms with Crippen LogP contribution in [0.5, 0.6) is 0 Å². The van der Waals surface area contributed by atoms with E-state index >= 15 is 0 Å². The van der Waals surface area contributed by atoms with E-state index in [2.05, 4.69) is 10.1 Å². The Bertz CT molecular complexity index is 670. The summed E-state index contributed by atoms with van der Waals surface area (Å²) in [5.74, 6) is -0.301. The average Bonchev–Trinajstić information content (AvgIpc) is 3.16. The molecule has 1 aromatic heterocycles. The maximum absolute atomic E-state index is 12.7. The molecule has 3 amide bonds. The Morgan fingerprint density at radius 3 is 2.71 bits per heavy atom. The van der Waals surface area contributed by atoms with Gasteiger partial charge in [0.1, 0.15) is 6.33 Å². The molecule has 2 saturated heterocycles. The zero-order valence-corrected chi connectivity index (χ0v) is 14.2. The van der Waals surface area contributed by atoms with Crippen molar-refractivity contribution >= 4 is 17.7 Å². The second-order valence-corrected chi connectivity index (χ2v) is 6.66. The third-order valence-corrected chi connectivity index (χ3v) is 4.74. The molecule has 9 nitrogen and oxygen atoms in total. The number of hydrogen-bond acceptors (Lipinski definition) is 5. The van der Waals surface area contributed by atoms with Gasteiger partial charge >= 0.3 is 0 Å². The smallest absolute Gasteiger partial charge is 0.293 e. The minimum Gasteiger partial charge on any atom is -0.347 e. The molecule has 1 aromatic rings. The van der Waals surface area contributed by atoms with Gasteiger partial charge in [-0.05, 0) is 12.3 Å². The van der Waals surface area contributed by atoms with Crippen LogP contribution in [0.25, 0.3) is 0 Å². The Balaban J connectivity index is 1.66. The van der Waals surface area contributed by atoms with Crippen molar-refractivity contribution in [1.29, 1.82) is 0 Å². The highest BCUT2D eigenvalue weighted by molar-refractivity contribution is 5.92. The average molecular weight is 334 g/mol. The van der Waals surface area contributed by atoms with Gasteiger partial charge in [-0.15, -0.1) is 5.10 Å². The van der Waals surface area contributed by atoms with Gasteiger partial charge in [0.25, 0.3) is 5.91 Å². The summed E-state index contributed by atoms with van der Waals surface area (Å²) in [5.41, 5.74) is 0. The molecule has 0 radical (unpaired) electrons. The molecule has 2 aliphatic heterocycles. The molecule has 0 aliphatic carbocycles. The fraction of sp³-hybridized carbons (Fsp3) is 0.667. The Morgan fingerprint density at radius 1 is 1.33 bits per heavy atom. The van der Waals surface area contributed by atoms with Crippen LogP contribution in [0.1, 0.15) is 17.0 Å². The zero-order valence-electron chi connectivity index (χ0n) is 14.2. The number of fused-ring (bicyclic) bond motifs is 1. The van der Waals surface area contributed by atoms with Crippen molar-refractivity contribution < 1.29 is 14.4 Å². The molecule has 2 fully saturated rings. The first-order chi connectivity index (χ1) is 11.4. The molecule has 0 spiro atoms. The Hall–Kier alpha value is -2.45. The molecule has 24 heavy (non-hydrogen) atoms. The summed E-state index contributed by atoms with van der Waals surface area (Å²) in [6.45, 7) is 1.57. The Morgan fingerprint density at radius 2 is 2.08 bits per heavy atom. The normalized spacial score (nSPS) is 23.4. The topological polar surface area (TPSA) is 91.6 Å². The highest BCUT2D eigenvalue weighted by Crippen LogP contribution is 2.32. The Labute approximate surface area is 140 Å². The third-order valence-electron chi connectivity index (χ3n) is 4.74. The molecular formula is C15H22N6O3. The lowest BCUT2D eigenvalue weighted by molar-refractivity contribution is -0.145. The van der Waals surface area contributed by atoms with Gasteiger partial charge in [-0.25, -0.2) is 4.98 Å². The van der Waals surface area contributed by atoms with Gasteiger partial charge in [0.2, 0.25) is 17.6 Å². The largest absolute Gasteiger partial charge is 0.347 e. The van der Waals surface area contributed by atoms with Gasteiger partial charge in [0.05, 0.1) is 12.5 Å². The number of carbonyl (C=O) groups is 3. The van der Waals surface area contributed by atoms with Gasteiger partial charge in [0.15, 0.2) is 0 Å². The molecule has 2 aliphatic rings. The standard InChI is InChI=1S/C15H22N6O3/c1-18(2)12(22)8-20-5-4-10-6-21(7-11(10)14(20)23)15(24)13-16-9-19(3)17-13/h9-11H,4-8H2,1-3H3/t10-,11-/m1/s1. The summed E-state index contributed by atoms with van der Waals surface area (Å²) in [6, 6.07) is 0. The van der Waals surface area contributed by atoms with Gasteiger partial charge in [0, 0.05) is 40.8 Å². The number of piperidine rings is 1. The number of nitrogens with zero attached hydrogens (tertiary/aromatic N) is 6. The summed E-state index contributed by atoms with van der Waals surface area (Å²) in [7, 11) is 5.06. The van der Waals surface area contributed by atoms with Crippen LogP contribution < -0.4 is 0 Å². The molecule has 0 unspecified atom stereocenters. The Kier molecular flexibility index (Phi) is 4.25. The molecule has 0 aromatic carbocycles. The number of likely N-dealkylation sites (N-methyl/N-ethyl adjacent to an activating group) is 1. The van der Waals surface area contributed by atoms with Crippen molar-refractivity contribution in [2.24, 2.45) is 18.9 Å². The summed E-state index contributed by atoms with van der Waals surface area (Å²) in [5, 5.41) is 4.03. The van der Waals surface area contributed by atoms with E-state index < -0.39 is 0 Å². The van der Waals surface area contributed by atoms with Crippen molar-refractivity contribution in [3.05, 3.63) is 12.2 Å². The first kappa shape index (κ1) is 16.4. The van der Waals surface area contributed by atoms with E-state index in [1.54, 1.807) is 30.9 Å². The third kappa shape index (κ3) is 2.98. The summed E-state index contributed by atoms with van der Waals surface area (Å²) < 4.78 is 1.48. The lowest BCUT2D eigenvalue weighted by Gasteiger charge is -2.33. The molecule has 0 N–H and O–H groups in total. The number of aryl methyl sites for hydroxylation is 1. The van der Waals surface area contributed by atoms with Crippen molar-refractivity contribution in [3.63, 3.8) is 0 Å². The van der Waals surface area contributed by atoms with E-state index in [0.717, 1.165) is 6.42 Å². The van der Waals surface area contributed by atoms with Crippen LogP contribution in [0.2, 0.25) is 0 Å². The molecule has 9 heteroatoms. The number of carbonyl (C=O) groups excluding carboxylic acids is 3. The van der Waals surface area contributed by atoms with Crippen molar-refractivity contribution in [2.75, 3.05) is 40.3 Å². The van der Waals surface area contributed by atoms with E-state index in [0.29, 0.717) is 19.6 Å². The van der Waals surface area contributed by atoms with Crippen LogP contribution in [0.4, 0.5) is 0 Å². The highest BCUT2D eigenvalue weighted by Gasteiger charge is 2.45. The van der Waals surface area contributed by atoms with Crippen LogP contribution in [0.15, 0.2) is 6.33 Å². The maximum Gasteiger partial charge on any atom is 0.293 e. The van der Waals surface area contributed by atoms with Crippen LogP contribution in [0, 0.1) is 11.8 Å². The molecule has 0 saturated carbocycles. The minimum atomic E-state index is -0.242. The van der Waals surface area contributed by atoms with Crippen molar-refractivity contribution in [3.8, 4) is 0 Å². The van der Waals surface area contributed by atoms with E-state index in [1.807, 2.05) is 0 Å². The van der Waals surface area contributed by atoms with Crippen LogP contribution in [-0.2, 0) is 16.6 Å². The first-order valence-electron chi connectivity index (χ1n) is 8.00. The monoisotopic (exact) mass is 334 g/mol. The highest BCUT2D eigenvalue weighted by atomic mass is 16.2. The molecule has 0 bridgehead atoms. The summed E-state index contributed by atoms with van der Waals surface area (Å²) in [6.07, 6.45) is 2.28. The predicted molar refractivity (Wildman–Crippen MR) is 83.8 cm³/mol. The number of rotatable bonds is 3. The first-order valence-corrected chi connectivity index (χ1v) is 8.00. The minimum absolute atomic E-state index is 0.0364. The molecule has 130 valence electrons. The van der Waals surface area contributed by atoms with Crippen molar-refractivity contribution in [1.82, 2.24) is 29.5 Å². The number of hydrogen-bond donors (Lipinski definition) is 0. The molecular weight excluding hydrogens is 312 g/mol. The molecule has 3 rings (SSSR count). The maximum atomic E-state index is 12.7. The predicted octanol–water partition coefficient (Wildman–Crippen LogP) is -1.18. The van der Waals surface area contributed by atoms with Gasteiger partial charge in [-0.2, -0.15) is 0 Å². The van der Waals surface area contributed by atoms with Crippen LogP contribution in [-0.4, -0.2) is 87.5 Å². The second kappa shape index (κ2) is 6.21. The van der Waals surface area contributed by atoms with E-state index in [-0.39, 0.29) is 41.9 Å². The second-order valence-electron chi connectivity index (χ2n) is 6.66. The van der Waals surface area contributed by atoms with E-state index in [9.17, 15) is 14.4 Å². The van der Waals surface area contributed by atoms with Gasteiger partial charge < -0.3 is 14.7 Å².